The third kappa shape index (κ3) is 3.66. The van der Waals surface area contributed by atoms with E-state index in [1.807, 2.05) is 0 Å². The molecule has 2 heteroatoms. The molecule has 1 aromatic rings. The summed E-state index contributed by atoms with van der Waals surface area (Å²) in [4.78, 5) is 0. The van der Waals surface area contributed by atoms with Gasteiger partial charge in [0.1, 0.15) is 11.4 Å². The maximum absolute atomic E-state index is 6.41. The second kappa shape index (κ2) is 4.70. The molecule has 0 spiro atoms. The molecule has 0 aromatic heterocycles. The Morgan fingerprint density at radius 2 is 1.63 bits per heavy atom. The molecule has 0 saturated heterocycles. The van der Waals surface area contributed by atoms with Gasteiger partial charge in [-0.05, 0) is 68.2 Å². The van der Waals surface area contributed by atoms with E-state index in [4.69, 9.17) is 16.3 Å². The summed E-state index contributed by atoms with van der Waals surface area (Å²) in [5.74, 6) is 1.53. The number of hydrogen-bond donors (Lipinski definition) is 0. The minimum absolute atomic E-state index is 0.127. The molecule has 1 aliphatic rings. The minimum Gasteiger partial charge on any atom is -0.487 e. The van der Waals surface area contributed by atoms with Gasteiger partial charge in [0.25, 0.3) is 0 Å². The van der Waals surface area contributed by atoms with E-state index < -0.39 is 0 Å². The Kier molecular flexibility index (Phi) is 3.64. The Balaban J connectivity index is 2.46. The van der Waals surface area contributed by atoms with Crippen LogP contribution >= 0.6 is 11.6 Å². The number of ether oxygens (including phenoxy) is 1. The molecule has 1 saturated carbocycles. The van der Waals surface area contributed by atoms with Gasteiger partial charge in [0, 0.05) is 0 Å². The van der Waals surface area contributed by atoms with Crippen molar-refractivity contribution in [2.75, 3.05) is 0 Å². The van der Waals surface area contributed by atoms with Gasteiger partial charge in [-0.25, -0.2) is 0 Å². The first-order chi connectivity index (χ1) is 8.58. The van der Waals surface area contributed by atoms with Crippen LogP contribution in [0.25, 0.3) is 0 Å². The second-order valence-electron chi connectivity index (χ2n) is 7.61. The van der Waals surface area contributed by atoms with Crippen LogP contribution in [0, 0.1) is 0 Å². The van der Waals surface area contributed by atoms with E-state index in [0.29, 0.717) is 5.92 Å². The second-order valence-corrected chi connectivity index (χ2v) is 8.02. The van der Waals surface area contributed by atoms with Crippen LogP contribution in [0.4, 0.5) is 0 Å². The first-order valence-corrected chi connectivity index (χ1v) is 7.49. The predicted molar refractivity (Wildman–Crippen MR) is 82.5 cm³/mol. The number of hydrogen-bond acceptors (Lipinski definition) is 1. The van der Waals surface area contributed by atoms with Crippen LogP contribution in [0.3, 0.4) is 0 Å². The molecule has 1 nitrogen and oxygen atoms in total. The molecule has 0 aliphatic heterocycles. The molecular formula is C17H25ClO. The SMILES string of the molecule is CC(C)(C)Oc1cc(C2CC2)c(C(C)(C)C)cc1Cl. The van der Waals surface area contributed by atoms with Gasteiger partial charge in [-0.1, -0.05) is 32.4 Å². The number of halogens is 1. The van der Waals surface area contributed by atoms with Crippen molar-refractivity contribution in [1.82, 2.24) is 0 Å². The molecule has 106 valence electrons. The first-order valence-electron chi connectivity index (χ1n) is 7.11. The number of rotatable bonds is 2. The number of benzene rings is 1. The van der Waals surface area contributed by atoms with E-state index in [-0.39, 0.29) is 11.0 Å². The summed E-state index contributed by atoms with van der Waals surface area (Å²) < 4.78 is 5.99. The van der Waals surface area contributed by atoms with Crippen LogP contribution in [0.5, 0.6) is 5.75 Å². The fraction of sp³-hybridized carbons (Fsp3) is 0.647. The maximum Gasteiger partial charge on any atom is 0.138 e. The zero-order valence-corrected chi connectivity index (χ0v) is 13.7. The average molecular weight is 281 g/mol. The lowest BCUT2D eigenvalue weighted by Crippen LogP contribution is -2.23. The highest BCUT2D eigenvalue weighted by atomic mass is 35.5. The van der Waals surface area contributed by atoms with E-state index in [2.05, 4.69) is 53.7 Å². The van der Waals surface area contributed by atoms with Crippen molar-refractivity contribution in [3.8, 4) is 5.75 Å². The van der Waals surface area contributed by atoms with Gasteiger partial charge < -0.3 is 4.74 Å². The Bertz CT molecular complexity index is 473. The van der Waals surface area contributed by atoms with Crippen LogP contribution in [0.1, 0.15) is 71.4 Å². The summed E-state index contributed by atoms with van der Waals surface area (Å²) in [6.45, 7) is 12.9. The molecule has 0 radical (unpaired) electrons. The zero-order chi connectivity index (χ0) is 14.4. The lowest BCUT2D eigenvalue weighted by Gasteiger charge is -2.27. The lowest BCUT2D eigenvalue weighted by molar-refractivity contribution is 0.131. The van der Waals surface area contributed by atoms with Crippen molar-refractivity contribution in [1.29, 1.82) is 0 Å². The molecule has 19 heavy (non-hydrogen) atoms. The van der Waals surface area contributed by atoms with Crippen LogP contribution in [0.2, 0.25) is 5.02 Å². The highest BCUT2D eigenvalue weighted by molar-refractivity contribution is 6.32. The molecule has 0 atom stereocenters. The van der Waals surface area contributed by atoms with Gasteiger partial charge in [0.2, 0.25) is 0 Å². The quantitative estimate of drug-likeness (QED) is 0.676. The molecule has 0 bridgehead atoms. The largest absolute Gasteiger partial charge is 0.487 e. The van der Waals surface area contributed by atoms with E-state index >= 15 is 0 Å². The van der Waals surface area contributed by atoms with Crippen molar-refractivity contribution < 1.29 is 4.74 Å². The zero-order valence-electron chi connectivity index (χ0n) is 12.9. The highest BCUT2D eigenvalue weighted by Crippen LogP contribution is 2.47. The Labute approximate surface area is 122 Å². The molecule has 0 N–H and O–H groups in total. The van der Waals surface area contributed by atoms with Gasteiger partial charge in [0.05, 0.1) is 5.02 Å². The first kappa shape index (κ1) is 14.7. The Morgan fingerprint density at radius 1 is 1.05 bits per heavy atom. The summed E-state index contributed by atoms with van der Waals surface area (Å²) in [5.41, 5.74) is 2.70. The van der Waals surface area contributed by atoms with E-state index in [0.717, 1.165) is 10.8 Å². The molecule has 1 aliphatic carbocycles. The van der Waals surface area contributed by atoms with Gasteiger partial charge >= 0.3 is 0 Å². The lowest BCUT2D eigenvalue weighted by atomic mass is 9.82. The van der Waals surface area contributed by atoms with Crippen LogP contribution in [-0.2, 0) is 5.41 Å². The molecule has 0 unspecified atom stereocenters. The molecule has 0 heterocycles. The molecular weight excluding hydrogens is 256 g/mol. The standard InChI is InChI=1S/C17H25ClO/c1-16(2,3)13-10-14(18)15(19-17(4,5)6)9-12(13)11-7-8-11/h9-11H,7-8H2,1-6H3. The van der Waals surface area contributed by atoms with Crippen molar-refractivity contribution in [2.24, 2.45) is 0 Å². The van der Waals surface area contributed by atoms with Crippen LogP contribution in [-0.4, -0.2) is 5.60 Å². The minimum atomic E-state index is -0.215. The highest BCUT2D eigenvalue weighted by Gasteiger charge is 2.31. The summed E-state index contributed by atoms with van der Waals surface area (Å²) in [6, 6.07) is 4.28. The smallest absolute Gasteiger partial charge is 0.138 e. The monoisotopic (exact) mass is 280 g/mol. The van der Waals surface area contributed by atoms with Gasteiger partial charge in [-0.2, -0.15) is 0 Å². The van der Waals surface area contributed by atoms with Gasteiger partial charge in [-0.3, -0.25) is 0 Å². The van der Waals surface area contributed by atoms with Crippen molar-refractivity contribution in [2.45, 2.75) is 71.3 Å². The van der Waals surface area contributed by atoms with Crippen molar-refractivity contribution in [3.05, 3.63) is 28.3 Å². The third-order valence-electron chi connectivity index (χ3n) is 3.35. The summed E-state index contributed by atoms with van der Waals surface area (Å²) >= 11 is 6.41. The molecule has 1 aromatic carbocycles. The maximum atomic E-state index is 6.41. The van der Waals surface area contributed by atoms with Gasteiger partial charge in [-0.15, -0.1) is 0 Å². The summed E-state index contributed by atoms with van der Waals surface area (Å²) in [7, 11) is 0. The normalized spacial score (nSPS) is 16.6. The average Bonchev–Trinajstić information content (AvgIpc) is 3.00. The van der Waals surface area contributed by atoms with E-state index in [1.165, 1.54) is 24.0 Å². The fourth-order valence-electron chi connectivity index (χ4n) is 2.36. The Morgan fingerprint density at radius 3 is 2.05 bits per heavy atom. The fourth-order valence-corrected chi connectivity index (χ4v) is 2.56. The predicted octanol–water partition coefficient (Wildman–Crippen LogP) is 5.69. The van der Waals surface area contributed by atoms with E-state index in [9.17, 15) is 0 Å². The summed E-state index contributed by atoms with van der Waals surface area (Å²) in [6.07, 6.45) is 2.58. The van der Waals surface area contributed by atoms with Crippen molar-refractivity contribution >= 4 is 11.6 Å². The van der Waals surface area contributed by atoms with Crippen LogP contribution < -0.4 is 4.74 Å². The van der Waals surface area contributed by atoms with E-state index in [1.54, 1.807) is 0 Å². The molecule has 0 amide bonds. The van der Waals surface area contributed by atoms with Gasteiger partial charge in [0.15, 0.2) is 0 Å². The molecule has 2 rings (SSSR count). The summed E-state index contributed by atoms with van der Waals surface area (Å²) in [5, 5.41) is 0.726. The third-order valence-corrected chi connectivity index (χ3v) is 3.64. The Hall–Kier alpha value is -0.690. The molecule has 1 fully saturated rings. The van der Waals surface area contributed by atoms with Crippen LogP contribution in [0.15, 0.2) is 12.1 Å². The van der Waals surface area contributed by atoms with Crippen molar-refractivity contribution in [3.63, 3.8) is 0 Å². The topological polar surface area (TPSA) is 9.23 Å².